The zero-order valence-corrected chi connectivity index (χ0v) is 26.7. The number of carbonyl (C=O) groups excluding carboxylic acids is 3. The third kappa shape index (κ3) is 10.1. The molecule has 0 spiro atoms. The summed E-state index contributed by atoms with van der Waals surface area (Å²) in [5, 5.41) is 43.1. The van der Waals surface area contributed by atoms with Gasteiger partial charge in [-0.05, 0) is 44.4 Å². The Bertz CT molecular complexity index is 904. The number of aliphatic hydroxyl groups excluding tert-OH is 4. The van der Waals surface area contributed by atoms with E-state index in [-0.39, 0.29) is 36.1 Å². The lowest BCUT2D eigenvalue weighted by Crippen LogP contribution is -2.66. The predicted octanol–water partition coefficient (Wildman–Crippen LogP) is 0.673. The molecule has 3 fully saturated rings. The Kier molecular flexibility index (Phi) is 14.9. The SMILES string of the molecule is CCC(C)CC(C)CC(C)C1CC(=O)OC1=O.COC1C(C)OC(OC2C(O)C(CO)OC(C)C2NC(C)=O)C(O)C1O. The maximum Gasteiger partial charge on any atom is 0.317 e. The van der Waals surface area contributed by atoms with Crippen molar-refractivity contribution in [2.45, 2.75) is 135 Å². The molecule has 0 bridgehead atoms. The number of nitrogens with one attached hydrogen (secondary N) is 1. The zero-order chi connectivity index (χ0) is 32.6. The van der Waals surface area contributed by atoms with E-state index in [4.69, 9.17) is 18.9 Å². The van der Waals surface area contributed by atoms with Gasteiger partial charge in [0.15, 0.2) is 6.29 Å². The third-order valence-electron chi connectivity index (χ3n) is 8.72. The zero-order valence-electron chi connectivity index (χ0n) is 26.7. The van der Waals surface area contributed by atoms with Crippen LogP contribution in [0.4, 0.5) is 0 Å². The van der Waals surface area contributed by atoms with Crippen LogP contribution in [-0.2, 0) is 38.1 Å². The van der Waals surface area contributed by atoms with Gasteiger partial charge in [-0.15, -0.1) is 0 Å². The van der Waals surface area contributed by atoms with E-state index in [2.05, 4.69) is 37.7 Å². The van der Waals surface area contributed by atoms with Crippen LogP contribution in [0.3, 0.4) is 0 Å². The second kappa shape index (κ2) is 17.1. The number of rotatable bonds is 11. The van der Waals surface area contributed by atoms with Crippen molar-refractivity contribution in [3.8, 4) is 0 Å². The molecular weight excluding hydrogens is 566 g/mol. The molecule has 0 saturated carbocycles. The lowest BCUT2D eigenvalue weighted by molar-refractivity contribution is -0.328. The van der Waals surface area contributed by atoms with Crippen molar-refractivity contribution < 1.29 is 58.5 Å². The van der Waals surface area contributed by atoms with E-state index < -0.39 is 67.8 Å². The minimum absolute atomic E-state index is 0.207. The maximum absolute atomic E-state index is 11.5. The molecule has 0 aromatic carbocycles. The highest BCUT2D eigenvalue weighted by atomic mass is 16.7. The van der Waals surface area contributed by atoms with Gasteiger partial charge < -0.3 is 49.4 Å². The molecule has 0 aromatic rings. The number of cyclic esters (lactones) is 2. The molecule has 13 nitrogen and oxygen atoms in total. The van der Waals surface area contributed by atoms with Gasteiger partial charge in [0.25, 0.3) is 0 Å². The van der Waals surface area contributed by atoms with E-state index in [1.165, 1.54) is 26.9 Å². The number of amides is 1. The van der Waals surface area contributed by atoms with E-state index in [0.717, 1.165) is 12.3 Å². The average Bonchev–Trinajstić information content (AvgIpc) is 3.28. The van der Waals surface area contributed by atoms with Crippen molar-refractivity contribution in [3.63, 3.8) is 0 Å². The quantitative estimate of drug-likeness (QED) is 0.161. The first-order chi connectivity index (χ1) is 20.1. The van der Waals surface area contributed by atoms with Gasteiger partial charge in [0.2, 0.25) is 5.91 Å². The van der Waals surface area contributed by atoms with E-state index >= 15 is 0 Å². The summed E-state index contributed by atoms with van der Waals surface area (Å²) in [7, 11) is 1.39. The largest absolute Gasteiger partial charge is 0.394 e. The van der Waals surface area contributed by atoms with Crippen LogP contribution in [0.15, 0.2) is 0 Å². The Morgan fingerprint density at radius 2 is 1.63 bits per heavy atom. The van der Waals surface area contributed by atoms with Crippen LogP contribution in [0.25, 0.3) is 0 Å². The van der Waals surface area contributed by atoms with Crippen molar-refractivity contribution >= 4 is 17.8 Å². The van der Waals surface area contributed by atoms with Crippen LogP contribution >= 0.6 is 0 Å². The van der Waals surface area contributed by atoms with Crippen molar-refractivity contribution in [3.05, 3.63) is 0 Å². The molecule has 43 heavy (non-hydrogen) atoms. The second-order valence-corrected chi connectivity index (χ2v) is 12.4. The van der Waals surface area contributed by atoms with E-state index in [9.17, 15) is 34.8 Å². The van der Waals surface area contributed by atoms with Crippen LogP contribution in [0.1, 0.15) is 74.1 Å². The fraction of sp³-hybridized carbons (Fsp3) is 0.900. The van der Waals surface area contributed by atoms with Gasteiger partial charge in [-0.2, -0.15) is 0 Å². The first kappa shape index (κ1) is 37.5. The van der Waals surface area contributed by atoms with Crippen LogP contribution in [0.2, 0.25) is 0 Å². The van der Waals surface area contributed by atoms with E-state index in [1.54, 1.807) is 13.8 Å². The smallest absolute Gasteiger partial charge is 0.317 e. The molecule has 0 radical (unpaired) electrons. The summed E-state index contributed by atoms with van der Waals surface area (Å²) in [5.74, 6) is 0.332. The van der Waals surface area contributed by atoms with Crippen molar-refractivity contribution in [2.75, 3.05) is 13.7 Å². The van der Waals surface area contributed by atoms with Gasteiger partial charge in [-0.25, -0.2) is 0 Å². The first-order valence-electron chi connectivity index (χ1n) is 15.3. The molecule has 5 N–H and O–H groups in total. The molecule has 3 rings (SSSR count). The molecule has 14 unspecified atom stereocenters. The third-order valence-corrected chi connectivity index (χ3v) is 8.72. The number of aliphatic hydroxyl groups is 4. The summed E-state index contributed by atoms with van der Waals surface area (Å²) in [4.78, 5) is 34.0. The van der Waals surface area contributed by atoms with Crippen molar-refractivity contribution in [2.24, 2.45) is 23.7 Å². The number of methoxy groups -OCH3 is 1. The summed E-state index contributed by atoms with van der Waals surface area (Å²) in [5.41, 5.74) is 0. The minimum Gasteiger partial charge on any atom is -0.394 e. The molecule has 3 aliphatic heterocycles. The molecule has 3 saturated heterocycles. The number of esters is 2. The second-order valence-electron chi connectivity index (χ2n) is 12.4. The molecule has 250 valence electrons. The summed E-state index contributed by atoms with van der Waals surface area (Å²) in [6, 6.07) is -0.742. The van der Waals surface area contributed by atoms with Gasteiger partial charge in [-0.1, -0.05) is 34.1 Å². The molecule has 3 heterocycles. The highest BCUT2D eigenvalue weighted by Crippen LogP contribution is 2.32. The lowest BCUT2D eigenvalue weighted by Gasteiger charge is -2.47. The molecular formula is C30H53NO12. The van der Waals surface area contributed by atoms with E-state index in [1.807, 2.05) is 0 Å². The Balaban J connectivity index is 0.000000329. The van der Waals surface area contributed by atoms with E-state index in [0.29, 0.717) is 5.92 Å². The fourth-order valence-corrected chi connectivity index (χ4v) is 6.16. The Hall–Kier alpha value is -1.71. The number of hydrogen-bond donors (Lipinski definition) is 5. The van der Waals surface area contributed by atoms with Crippen LogP contribution < -0.4 is 5.32 Å². The number of carbonyl (C=O) groups is 3. The molecule has 0 aromatic heterocycles. The summed E-state index contributed by atoms with van der Waals surface area (Å²) >= 11 is 0. The highest BCUT2D eigenvalue weighted by molar-refractivity contribution is 5.94. The Morgan fingerprint density at radius 1 is 0.977 bits per heavy atom. The molecule has 0 aliphatic carbocycles. The topological polar surface area (TPSA) is 190 Å². The first-order valence-corrected chi connectivity index (χ1v) is 15.3. The normalized spacial score (nSPS) is 38.4. The fourth-order valence-electron chi connectivity index (χ4n) is 6.16. The minimum atomic E-state index is -1.42. The van der Waals surface area contributed by atoms with Crippen LogP contribution in [0.5, 0.6) is 0 Å². The predicted molar refractivity (Wildman–Crippen MR) is 153 cm³/mol. The summed E-state index contributed by atoms with van der Waals surface area (Å²) in [6.45, 7) is 12.9. The van der Waals surface area contributed by atoms with Crippen molar-refractivity contribution in [1.82, 2.24) is 5.32 Å². The van der Waals surface area contributed by atoms with Crippen molar-refractivity contribution in [1.29, 1.82) is 0 Å². The molecule has 13 heteroatoms. The van der Waals surface area contributed by atoms with Gasteiger partial charge in [0, 0.05) is 14.0 Å². The Morgan fingerprint density at radius 3 is 2.14 bits per heavy atom. The number of ether oxygens (including phenoxy) is 5. The summed E-state index contributed by atoms with van der Waals surface area (Å²) < 4.78 is 26.6. The molecule has 14 atom stereocenters. The highest BCUT2D eigenvalue weighted by Gasteiger charge is 2.50. The molecule has 1 amide bonds. The van der Waals surface area contributed by atoms with Gasteiger partial charge >= 0.3 is 11.9 Å². The average molecular weight is 620 g/mol. The lowest BCUT2D eigenvalue weighted by atomic mass is 9.82. The Labute approximate surface area is 254 Å². The monoisotopic (exact) mass is 619 g/mol. The van der Waals surface area contributed by atoms with Gasteiger partial charge in [-0.3, -0.25) is 14.4 Å². The summed E-state index contributed by atoms with van der Waals surface area (Å²) in [6.07, 6.45) is -5.39. The van der Waals surface area contributed by atoms with Gasteiger partial charge in [0.05, 0.1) is 37.2 Å². The van der Waals surface area contributed by atoms with Crippen LogP contribution in [0, 0.1) is 23.7 Å². The maximum atomic E-state index is 11.5. The van der Waals surface area contributed by atoms with Crippen LogP contribution in [-0.4, -0.2) is 113 Å². The molecule has 3 aliphatic rings. The van der Waals surface area contributed by atoms with Gasteiger partial charge in [0.1, 0.15) is 36.6 Å². The number of hydrogen-bond acceptors (Lipinski definition) is 12. The standard InChI is InChI=1S/C16H29NO9.C14H24O3/c1-6-10(17-8(3)19)15(11(20)9(5-18)24-6)26-16-13(22)12(21)14(23-4)7(2)25-16;1-5-9(2)6-10(3)7-11(4)12-8-13(15)17-14(12)16/h6-7,9-16,18,20-22H,5H2,1-4H3,(H,17,19);9-12H,5-8H2,1-4H3.